The zero-order valence-corrected chi connectivity index (χ0v) is 21.9. The largest absolute Gasteiger partial charge is 0.390 e. The topological polar surface area (TPSA) is 78.4 Å². The molecule has 5 nitrogen and oxygen atoms in total. The van der Waals surface area contributed by atoms with Crippen LogP contribution in [0.15, 0.2) is 42.5 Å². The number of aryl methyl sites for hydroxylation is 1. The SMILES string of the molecule is CCCC1CCC(CC(=O)N[C@@H](Cc2cc(F)cc(F)c2)[C@H](O)CNCc2cccc(CC)c2)CC1=O. The third kappa shape index (κ3) is 9.31. The molecule has 0 aliphatic heterocycles. The highest BCUT2D eigenvalue weighted by Gasteiger charge is 2.30. The van der Waals surface area contributed by atoms with Gasteiger partial charge in [0.1, 0.15) is 17.4 Å². The maximum Gasteiger partial charge on any atom is 0.220 e. The minimum absolute atomic E-state index is 0.0195. The van der Waals surface area contributed by atoms with E-state index in [0.29, 0.717) is 18.5 Å². The number of rotatable bonds is 13. The lowest BCUT2D eigenvalue weighted by molar-refractivity contribution is -0.128. The van der Waals surface area contributed by atoms with Gasteiger partial charge in [0.15, 0.2) is 0 Å². The van der Waals surface area contributed by atoms with E-state index < -0.39 is 23.8 Å². The lowest BCUT2D eigenvalue weighted by Crippen LogP contribution is -2.49. The van der Waals surface area contributed by atoms with Gasteiger partial charge in [-0.15, -0.1) is 0 Å². The molecule has 2 unspecified atom stereocenters. The van der Waals surface area contributed by atoms with Crippen molar-refractivity contribution in [3.05, 3.63) is 70.8 Å². The summed E-state index contributed by atoms with van der Waals surface area (Å²) in [6.45, 7) is 4.90. The van der Waals surface area contributed by atoms with Crippen LogP contribution in [0.3, 0.4) is 0 Å². The van der Waals surface area contributed by atoms with Crippen molar-refractivity contribution in [1.82, 2.24) is 10.6 Å². The predicted octanol–water partition coefficient (Wildman–Crippen LogP) is 4.88. The molecule has 0 radical (unpaired) electrons. The fourth-order valence-corrected chi connectivity index (χ4v) is 5.24. The van der Waals surface area contributed by atoms with Crippen LogP contribution in [0, 0.1) is 23.5 Å². The van der Waals surface area contributed by atoms with Gasteiger partial charge in [0.2, 0.25) is 5.91 Å². The molecule has 0 saturated heterocycles. The van der Waals surface area contributed by atoms with E-state index in [9.17, 15) is 23.5 Å². The number of benzene rings is 2. The third-order valence-corrected chi connectivity index (χ3v) is 7.25. The van der Waals surface area contributed by atoms with Gasteiger partial charge in [-0.1, -0.05) is 44.5 Å². The first kappa shape index (κ1) is 28.9. The summed E-state index contributed by atoms with van der Waals surface area (Å²) < 4.78 is 27.6. The number of carbonyl (C=O) groups is 2. The first-order valence-corrected chi connectivity index (χ1v) is 13.5. The van der Waals surface area contributed by atoms with E-state index in [-0.39, 0.29) is 42.9 Å². The predicted molar refractivity (Wildman–Crippen MR) is 141 cm³/mol. The molecule has 1 amide bonds. The number of aliphatic hydroxyl groups excluding tert-OH is 1. The highest BCUT2D eigenvalue weighted by Crippen LogP contribution is 2.30. The maximum absolute atomic E-state index is 13.8. The van der Waals surface area contributed by atoms with Crippen LogP contribution in [-0.4, -0.2) is 35.5 Å². The first-order valence-electron chi connectivity index (χ1n) is 13.5. The van der Waals surface area contributed by atoms with E-state index in [1.165, 1.54) is 17.7 Å². The quantitative estimate of drug-likeness (QED) is 0.356. The van der Waals surface area contributed by atoms with Crippen LogP contribution in [0.25, 0.3) is 0 Å². The molecule has 0 bridgehead atoms. The van der Waals surface area contributed by atoms with Crippen molar-refractivity contribution in [3.8, 4) is 0 Å². The minimum atomic E-state index is -0.980. The van der Waals surface area contributed by atoms with Gasteiger partial charge in [-0.3, -0.25) is 9.59 Å². The molecule has 202 valence electrons. The average molecular weight is 515 g/mol. The molecule has 0 heterocycles. The Morgan fingerprint density at radius 3 is 2.46 bits per heavy atom. The average Bonchev–Trinajstić information content (AvgIpc) is 2.85. The summed E-state index contributed by atoms with van der Waals surface area (Å²) in [7, 11) is 0. The summed E-state index contributed by atoms with van der Waals surface area (Å²) in [6.07, 6.45) is 4.13. The smallest absolute Gasteiger partial charge is 0.220 e. The lowest BCUT2D eigenvalue weighted by Gasteiger charge is -2.29. The Hall–Kier alpha value is -2.64. The number of Topliss-reactive ketones (excluding diaryl/α,β-unsaturated/α-hetero) is 1. The zero-order valence-electron chi connectivity index (χ0n) is 21.9. The highest BCUT2D eigenvalue weighted by atomic mass is 19.1. The van der Waals surface area contributed by atoms with Crippen LogP contribution in [0.4, 0.5) is 8.78 Å². The van der Waals surface area contributed by atoms with Crippen molar-refractivity contribution in [2.75, 3.05) is 6.54 Å². The summed E-state index contributed by atoms with van der Waals surface area (Å²) in [6, 6.07) is 10.6. The lowest BCUT2D eigenvalue weighted by atomic mass is 9.78. The van der Waals surface area contributed by atoms with Crippen LogP contribution < -0.4 is 10.6 Å². The van der Waals surface area contributed by atoms with E-state index >= 15 is 0 Å². The number of carbonyl (C=O) groups excluding carboxylic acids is 2. The van der Waals surface area contributed by atoms with Gasteiger partial charge in [-0.25, -0.2) is 8.78 Å². The summed E-state index contributed by atoms with van der Waals surface area (Å²) in [5.41, 5.74) is 2.66. The van der Waals surface area contributed by atoms with Gasteiger partial charge in [-0.05, 0) is 66.8 Å². The molecule has 0 aromatic heterocycles. The Labute approximate surface area is 219 Å². The van der Waals surface area contributed by atoms with Crippen molar-refractivity contribution in [1.29, 1.82) is 0 Å². The highest BCUT2D eigenvalue weighted by molar-refractivity contribution is 5.83. The molecule has 7 heteroatoms. The van der Waals surface area contributed by atoms with Gasteiger partial charge in [0, 0.05) is 37.9 Å². The molecule has 0 spiro atoms. The Kier molecular flexibility index (Phi) is 11.2. The molecule has 2 aromatic rings. The van der Waals surface area contributed by atoms with Gasteiger partial charge in [-0.2, -0.15) is 0 Å². The summed E-state index contributed by atoms with van der Waals surface area (Å²) in [5.74, 6) is -1.35. The molecule has 3 rings (SSSR count). The van der Waals surface area contributed by atoms with Crippen molar-refractivity contribution < 1.29 is 23.5 Å². The van der Waals surface area contributed by atoms with Crippen molar-refractivity contribution in [2.24, 2.45) is 11.8 Å². The first-order chi connectivity index (χ1) is 17.8. The Balaban J connectivity index is 1.61. The standard InChI is InChI=1S/C30H40F2N2O3/c1-3-6-24-10-9-21(15-28(24)35)16-30(37)34-27(14-23-12-25(31)17-26(32)13-23)29(36)19-33-18-22-8-5-7-20(4-2)11-22/h5,7-8,11-13,17,21,24,27,29,33,36H,3-4,6,9-10,14-16,18-19H2,1-2H3,(H,34,37)/t21?,24?,27-,29+/m0/s1. The van der Waals surface area contributed by atoms with Crippen LogP contribution in [0.5, 0.6) is 0 Å². The molecule has 2 aromatic carbocycles. The number of amides is 1. The fraction of sp³-hybridized carbons (Fsp3) is 0.533. The Morgan fingerprint density at radius 2 is 1.78 bits per heavy atom. The van der Waals surface area contributed by atoms with E-state index in [0.717, 1.165) is 43.7 Å². The summed E-state index contributed by atoms with van der Waals surface area (Å²) in [5, 5.41) is 17.1. The van der Waals surface area contributed by atoms with Gasteiger partial charge >= 0.3 is 0 Å². The van der Waals surface area contributed by atoms with Crippen LogP contribution in [0.2, 0.25) is 0 Å². The molecule has 4 atom stereocenters. The number of hydrogen-bond acceptors (Lipinski definition) is 4. The molecule has 1 aliphatic carbocycles. The van der Waals surface area contributed by atoms with Crippen molar-refractivity contribution in [2.45, 2.75) is 83.9 Å². The van der Waals surface area contributed by atoms with Crippen LogP contribution in [-0.2, 0) is 29.0 Å². The zero-order chi connectivity index (χ0) is 26.8. The second-order valence-electron chi connectivity index (χ2n) is 10.3. The maximum atomic E-state index is 13.8. The molecule has 1 aliphatic rings. The number of ketones is 1. The second kappa shape index (κ2) is 14.3. The van der Waals surface area contributed by atoms with Gasteiger partial charge < -0.3 is 15.7 Å². The third-order valence-electron chi connectivity index (χ3n) is 7.25. The molecule has 1 fully saturated rings. The molecular formula is C30H40F2N2O3. The molecule has 37 heavy (non-hydrogen) atoms. The number of aliphatic hydroxyl groups is 1. The van der Waals surface area contributed by atoms with Crippen LogP contribution in [0.1, 0.15) is 69.1 Å². The van der Waals surface area contributed by atoms with Crippen molar-refractivity contribution >= 4 is 11.7 Å². The Morgan fingerprint density at radius 1 is 1.05 bits per heavy atom. The fourth-order valence-electron chi connectivity index (χ4n) is 5.24. The van der Waals surface area contributed by atoms with Crippen LogP contribution >= 0.6 is 0 Å². The van der Waals surface area contributed by atoms with E-state index in [1.807, 2.05) is 12.1 Å². The van der Waals surface area contributed by atoms with Gasteiger partial charge in [0.25, 0.3) is 0 Å². The van der Waals surface area contributed by atoms with Gasteiger partial charge in [0.05, 0.1) is 12.1 Å². The molecular weight excluding hydrogens is 474 g/mol. The number of halogens is 2. The monoisotopic (exact) mass is 514 g/mol. The minimum Gasteiger partial charge on any atom is -0.390 e. The summed E-state index contributed by atoms with van der Waals surface area (Å²) >= 11 is 0. The van der Waals surface area contributed by atoms with E-state index in [4.69, 9.17) is 0 Å². The number of nitrogens with one attached hydrogen (secondary N) is 2. The molecule has 3 N–H and O–H groups in total. The normalized spacial score (nSPS) is 19.4. The Bertz CT molecular complexity index is 1020. The van der Waals surface area contributed by atoms with E-state index in [1.54, 1.807) is 0 Å². The van der Waals surface area contributed by atoms with E-state index in [2.05, 4.69) is 36.6 Å². The summed E-state index contributed by atoms with van der Waals surface area (Å²) in [4.78, 5) is 25.4. The number of hydrogen-bond donors (Lipinski definition) is 3. The second-order valence-corrected chi connectivity index (χ2v) is 10.3. The van der Waals surface area contributed by atoms with Crippen molar-refractivity contribution in [3.63, 3.8) is 0 Å². The molecule has 1 saturated carbocycles.